The third-order valence-corrected chi connectivity index (χ3v) is 6.38. The predicted octanol–water partition coefficient (Wildman–Crippen LogP) is 1.84. The summed E-state index contributed by atoms with van der Waals surface area (Å²) in [6.45, 7) is 4.98. The molecular weight excluding hydrogens is 308 g/mol. The second-order valence-corrected chi connectivity index (χ2v) is 7.52. The molecule has 1 aliphatic heterocycles. The van der Waals surface area contributed by atoms with Crippen LogP contribution in [-0.4, -0.2) is 50.9 Å². The number of nitrogens with two attached hydrogens (primary N) is 1. The first-order valence-electron chi connectivity index (χ1n) is 6.70. The molecular formula is C13H20N4O2S2. The van der Waals surface area contributed by atoms with Gasteiger partial charge in [-0.1, -0.05) is 5.16 Å². The molecule has 1 saturated heterocycles. The number of amides is 1. The number of carbonyl (C=O) groups excluding carboxylic acids is 1. The number of carbonyl (C=O) groups is 1. The van der Waals surface area contributed by atoms with Crippen molar-refractivity contribution in [2.75, 3.05) is 19.3 Å². The van der Waals surface area contributed by atoms with E-state index in [-0.39, 0.29) is 16.5 Å². The molecule has 0 radical (unpaired) electrons. The molecule has 0 aromatic carbocycles. The number of rotatable bonds is 3. The number of aromatic nitrogens is 1. The molecule has 3 N–H and O–H groups in total. The molecule has 116 valence electrons. The quantitative estimate of drug-likeness (QED) is 0.382. The minimum absolute atomic E-state index is 0.0345. The van der Waals surface area contributed by atoms with E-state index in [9.17, 15) is 4.79 Å². The third-order valence-electron chi connectivity index (χ3n) is 3.92. The lowest BCUT2D eigenvalue weighted by Gasteiger charge is -2.39. The predicted molar refractivity (Wildman–Crippen MR) is 86.4 cm³/mol. The van der Waals surface area contributed by atoms with Crippen LogP contribution in [0.25, 0.3) is 0 Å². The molecule has 0 spiro atoms. The van der Waals surface area contributed by atoms with E-state index in [0.717, 1.165) is 10.7 Å². The van der Waals surface area contributed by atoms with Gasteiger partial charge >= 0.3 is 0 Å². The van der Waals surface area contributed by atoms with E-state index in [0.29, 0.717) is 30.8 Å². The molecule has 2 heterocycles. The van der Waals surface area contributed by atoms with Crippen molar-refractivity contribution in [2.24, 2.45) is 10.9 Å². The Labute approximate surface area is 132 Å². The highest BCUT2D eigenvalue weighted by Gasteiger charge is 2.39. The molecule has 0 aliphatic carbocycles. The van der Waals surface area contributed by atoms with Crippen molar-refractivity contribution < 1.29 is 10.0 Å². The van der Waals surface area contributed by atoms with Crippen LogP contribution in [0.3, 0.4) is 0 Å². The topological polar surface area (TPSA) is 91.8 Å². The lowest BCUT2D eigenvalue weighted by Crippen LogP contribution is -2.51. The van der Waals surface area contributed by atoms with E-state index < -0.39 is 0 Å². The van der Waals surface area contributed by atoms with Gasteiger partial charge in [-0.25, -0.2) is 4.98 Å². The largest absolute Gasteiger partial charge is 0.409 e. The van der Waals surface area contributed by atoms with Crippen molar-refractivity contribution in [3.63, 3.8) is 0 Å². The van der Waals surface area contributed by atoms with Gasteiger partial charge in [-0.3, -0.25) is 4.79 Å². The number of thioether (sulfide) groups is 1. The van der Waals surface area contributed by atoms with Gasteiger partial charge in [0.15, 0.2) is 5.84 Å². The average molecular weight is 328 g/mol. The Bertz CT molecular complexity index is 563. The molecule has 1 aromatic rings. The molecule has 0 atom stereocenters. The van der Waals surface area contributed by atoms with Crippen LogP contribution in [0.4, 0.5) is 0 Å². The zero-order chi connectivity index (χ0) is 15.6. The monoisotopic (exact) mass is 328 g/mol. The molecule has 1 aliphatic rings. The van der Waals surface area contributed by atoms with Crippen LogP contribution in [0.5, 0.6) is 0 Å². The van der Waals surface area contributed by atoms with Crippen LogP contribution in [0, 0.1) is 13.8 Å². The fraction of sp³-hybridized carbons (Fsp3) is 0.615. The fourth-order valence-electron chi connectivity index (χ4n) is 2.60. The van der Waals surface area contributed by atoms with Crippen LogP contribution < -0.4 is 5.73 Å². The molecule has 1 amide bonds. The highest BCUT2D eigenvalue weighted by Crippen LogP contribution is 2.35. The lowest BCUT2D eigenvalue weighted by molar-refractivity contribution is 0.0722. The number of amidine groups is 1. The van der Waals surface area contributed by atoms with E-state index >= 15 is 0 Å². The molecule has 21 heavy (non-hydrogen) atoms. The minimum Gasteiger partial charge on any atom is -0.409 e. The number of likely N-dealkylation sites (tertiary alicyclic amines) is 1. The lowest BCUT2D eigenvalue weighted by atomic mass is 9.94. The number of aryl methyl sites for hydroxylation is 2. The van der Waals surface area contributed by atoms with Crippen LogP contribution in [0.1, 0.15) is 33.2 Å². The number of oxime groups is 1. The van der Waals surface area contributed by atoms with E-state index in [2.05, 4.69) is 10.1 Å². The van der Waals surface area contributed by atoms with Gasteiger partial charge in [-0.05, 0) is 32.9 Å². The van der Waals surface area contributed by atoms with Gasteiger partial charge in [0, 0.05) is 13.1 Å². The van der Waals surface area contributed by atoms with Gasteiger partial charge in [-0.15, -0.1) is 11.3 Å². The first-order valence-corrected chi connectivity index (χ1v) is 8.74. The second-order valence-electron chi connectivity index (χ2n) is 5.12. The summed E-state index contributed by atoms with van der Waals surface area (Å²) >= 11 is 3.02. The Kier molecular flexibility index (Phi) is 4.77. The molecule has 8 heteroatoms. The maximum Gasteiger partial charge on any atom is 0.265 e. The second kappa shape index (κ2) is 6.23. The zero-order valence-electron chi connectivity index (χ0n) is 12.4. The van der Waals surface area contributed by atoms with Crippen LogP contribution in [-0.2, 0) is 0 Å². The molecule has 0 bridgehead atoms. The number of piperidine rings is 1. The molecule has 1 aromatic heterocycles. The Balaban J connectivity index is 2.10. The summed E-state index contributed by atoms with van der Waals surface area (Å²) in [5, 5.41) is 13.0. The average Bonchev–Trinajstić information content (AvgIpc) is 2.84. The van der Waals surface area contributed by atoms with E-state index in [1.807, 2.05) is 25.0 Å². The summed E-state index contributed by atoms with van der Waals surface area (Å²) in [7, 11) is 0. The maximum atomic E-state index is 12.6. The van der Waals surface area contributed by atoms with Crippen LogP contribution in [0.2, 0.25) is 0 Å². The summed E-state index contributed by atoms with van der Waals surface area (Å²) in [5.74, 6) is 0.277. The zero-order valence-corrected chi connectivity index (χ0v) is 14.1. The molecule has 0 unspecified atom stereocenters. The maximum absolute atomic E-state index is 12.6. The molecule has 0 saturated carbocycles. The van der Waals surface area contributed by atoms with Crippen molar-refractivity contribution in [3.8, 4) is 0 Å². The number of thiazole rings is 1. The Morgan fingerprint density at radius 1 is 1.48 bits per heavy atom. The van der Waals surface area contributed by atoms with Crippen molar-refractivity contribution >= 4 is 34.8 Å². The van der Waals surface area contributed by atoms with Gasteiger partial charge in [0.2, 0.25) is 0 Å². The van der Waals surface area contributed by atoms with Gasteiger partial charge in [-0.2, -0.15) is 11.8 Å². The third kappa shape index (κ3) is 3.01. The normalized spacial score (nSPS) is 18.8. The number of hydrogen-bond acceptors (Lipinski definition) is 6. The summed E-state index contributed by atoms with van der Waals surface area (Å²) in [4.78, 5) is 19.4. The fourth-order valence-corrected chi connectivity index (χ4v) is 4.33. The highest BCUT2D eigenvalue weighted by molar-refractivity contribution is 8.00. The smallest absolute Gasteiger partial charge is 0.265 e. The standard InChI is InChI=1S/C13H20N4O2S2/c1-8-10(21-9(2)15-8)11(18)17-6-4-13(20-3,5-7-17)12(14)16-19/h19H,4-7H2,1-3H3,(H2,14,16). The number of nitrogens with zero attached hydrogens (tertiary/aromatic N) is 3. The summed E-state index contributed by atoms with van der Waals surface area (Å²) in [5.41, 5.74) is 6.61. The summed E-state index contributed by atoms with van der Waals surface area (Å²) in [6.07, 6.45) is 3.32. The van der Waals surface area contributed by atoms with E-state index in [4.69, 9.17) is 10.9 Å². The molecule has 2 rings (SSSR count). The van der Waals surface area contributed by atoms with Gasteiger partial charge in [0.05, 0.1) is 15.4 Å². The summed E-state index contributed by atoms with van der Waals surface area (Å²) < 4.78 is -0.371. The van der Waals surface area contributed by atoms with Gasteiger partial charge in [0.25, 0.3) is 5.91 Å². The van der Waals surface area contributed by atoms with Crippen molar-refractivity contribution in [2.45, 2.75) is 31.4 Å². The molecule has 6 nitrogen and oxygen atoms in total. The van der Waals surface area contributed by atoms with E-state index in [1.165, 1.54) is 11.3 Å². The number of hydrogen-bond donors (Lipinski definition) is 2. The van der Waals surface area contributed by atoms with Crippen LogP contribution >= 0.6 is 23.1 Å². The van der Waals surface area contributed by atoms with Crippen molar-refractivity contribution in [1.29, 1.82) is 0 Å². The SMILES string of the molecule is CSC1(C(N)=NO)CCN(C(=O)c2sc(C)nc2C)CC1. The first-order chi connectivity index (χ1) is 9.93. The summed E-state index contributed by atoms with van der Waals surface area (Å²) in [6, 6.07) is 0. The Morgan fingerprint density at radius 2 is 2.10 bits per heavy atom. The Morgan fingerprint density at radius 3 is 2.52 bits per heavy atom. The van der Waals surface area contributed by atoms with Crippen molar-refractivity contribution in [3.05, 3.63) is 15.6 Å². The Hall–Kier alpha value is -1.28. The van der Waals surface area contributed by atoms with Crippen LogP contribution in [0.15, 0.2) is 5.16 Å². The first kappa shape index (κ1) is 16.1. The van der Waals surface area contributed by atoms with E-state index in [1.54, 1.807) is 11.8 Å². The van der Waals surface area contributed by atoms with Crippen molar-refractivity contribution in [1.82, 2.24) is 9.88 Å². The minimum atomic E-state index is -0.371. The van der Waals surface area contributed by atoms with Gasteiger partial charge in [0.1, 0.15) is 4.88 Å². The molecule has 1 fully saturated rings. The highest BCUT2D eigenvalue weighted by atomic mass is 32.2. The van der Waals surface area contributed by atoms with Gasteiger partial charge < -0.3 is 15.8 Å².